The van der Waals surface area contributed by atoms with E-state index in [2.05, 4.69) is 28.8 Å². The van der Waals surface area contributed by atoms with Gasteiger partial charge in [0.2, 0.25) is 0 Å². The average molecular weight is 355 g/mol. The van der Waals surface area contributed by atoms with E-state index in [9.17, 15) is 14.7 Å². The number of pyridine rings is 1. The minimum Gasteiger partial charge on any atom is -0.506 e. The highest BCUT2D eigenvalue weighted by Crippen LogP contribution is 2.25. The number of hydrogen-bond donors (Lipinski definition) is 2. The molecule has 0 saturated heterocycles. The van der Waals surface area contributed by atoms with E-state index in [0.717, 1.165) is 5.56 Å². The van der Waals surface area contributed by atoms with Crippen molar-refractivity contribution >= 4 is 17.0 Å². The number of carbonyl (C=O) groups is 1. The summed E-state index contributed by atoms with van der Waals surface area (Å²) < 4.78 is 4.77. The minimum atomic E-state index is -0.889. The van der Waals surface area contributed by atoms with Crippen LogP contribution in [0.2, 0.25) is 0 Å². The highest BCUT2D eigenvalue weighted by atomic mass is 16.5. The number of H-pyrrole nitrogens is 1. The van der Waals surface area contributed by atoms with Crippen LogP contribution in [0, 0.1) is 0 Å². The van der Waals surface area contributed by atoms with E-state index in [1.54, 1.807) is 6.92 Å². The van der Waals surface area contributed by atoms with Gasteiger partial charge in [0, 0.05) is 11.8 Å². The lowest BCUT2D eigenvalue weighted by molar-refractivity contribution is 0.0521. The van der Waals surface area contributed by atoms with E-state index in [1.807, 2.05) is 30.3 Å². The first-order valence-corrected chi connectivity index (χ1v) is 8.37. The van der Waals surface area contributed by atoms with Crippen molar-refractivity contribution in [3.63, 3.8) is 0 Å². The molecule has 0 spiro atoms. The summed E-state index contributed by atoms with van der Waals surface area (Å²) in [7, 11) is 0. The number of esters is 1. The molecule has 0 fully saturated rings. The molecule has 136 valence electrons. The number of rotatable bonds is 3. The maximum atomic E-state index is 12.0. The van der Waals surface area contributed by atoms with Crippen molar-refractivity contribution in [1.82, 2.24) is 15.0 Å². The van der Waals surface area contributed by atoms with Gasteiger partial charge in [-0.2, -0.15) is 0 Å². The Hall–Kier alpha value is -3.22. The van der Waals surface area contributed by atoms with Gasteiger partial charge in [0.05, 0.1) is 12.0 Å². The monoisotopic (exact) mass is 355 g/mol. The number of aromatic hydroxyl groups is 1. The van der Waals surface area contributed by atoms with E-state index < -0.39 is 22.8 Å². The van der Waals surface area contributed by atoms with Crippen LogP contribution in [0.1, 0.15) is 37.6 Å². The van der Waals surface area contributed by atoms with Gasteiger partial charge < -0.3 is 14.8 Å². The molecule has 0 aliphatic carbocycles. The Balaban J connectivity index is 0.000000758. The summed E-state index contributed by atoms with van der Waals surface area (Å²) in [6.07, 6.45) is 2.61. The molecule has 2 N–H and O–H groups in total. The number of aromatic amines is 1. The average Bonchev–Trinajstić information content (AvgIpc) is 2.63. The van der Waals surface area contributed by atoms with Crippen molar-refractivity contribution in [3.8, 4) is 17.1 Å². The first-order chi connectivity index (χ1) is 12.5. The standard InChI is InChI=1S/C16H13N3O4.C3H8/c1-2-23-16(22)11-12(20)10-8-17-13(9-6-4-3-5-7-9)18-14(10)19-15(11)21;1-3-2/h3-8H,2H2,1H3,(H2,17,18,19,20,21);3H2,1-2H3. The second-order valence-corrected chi connectivity index (χ2v) is 5.43. The maximum Gasteiger partial charge on any atom is 0.347 e. The van der Waals surface area contributed by atoms with Gasteiger partial charge in [-0.15, -0.1) is 0 Å². The molecule has 0 amide bonds. The van der Waals surface area contributed by atoms with Gasteiger partial charge in [0.1, 0.15) is 11.4 Å². The molecule has 0 atom stereocenters. The van der Waals surface area contributed by atoms with Crippen molar-refractivity contribution in [2.45, 2.75) is 27.2 Å². The molecule has 0 unspecified atom stereocenters. The van der Waals surface area contributed by atoms with Gasteiger partial charge in [-0.05, 0) is 6.92 Å². The Morgan fingerprint density at radius 2 is 1.85 bits per heavy atom. The Morgan fingerprint density at radius 1 is 1.19 bits per heavy atom. The van der Waals surface area contributed by atoms with Gasteiger partial charge in [-0.25, -0.2) is 14.8 Å². The van der Waals surface area contributed by atoms with Crippen LogP contribution in [0.4, 0.5) is 0 Å². The van der Waals surface area contributed by atoms with Gasteiger partial charge in [-0.3, -0.25) is 4.79 Å². The summed E-state index contributed by atoms with van der Waals surface area (Å²) in [5.41, 5.74) is -0.291. The number of nitrogens with zero attached hydrogens (tertiary/aromatic N) is 2. The van der Waals surface area contributed by atoms with Crippen LogP contribution in [0.15, 0.2) is 41.3 Å². The molecule has 3 rings (SSSR count). The number of hydrogen-bond acceptors (Lipinski definition) is 6. The van der Waals surface area contributed by atoms with E-state index in [-0.39, 0.29) is 17.6 Å². The predicted octanol–water partition coefficient (Wildman–Crippen LogP) is 3.28. The molecule has 2 aromatic heterocycles. The van der Waals surface area contributed by atoms with Gasteiger partial charge in [0.15, 0.2) is 11.4 Å². The van der Waals surface area contributed by atoms with Crippen LogP contribution >= 0.6 is 0 Å². The summed E-state index contributed by atoms with van der Waals surface area (Å²) >= 11 is 0. The van der Waals surface area contributed by atoms with Crippen molar-refractivity contribution in [3.05, 3.63) is 52.4 Å². The Labute approximate surface area is 150 Å². The molecule has 0 bridgehead atoms. The molecule has 2 heterocycles. The molecule has 26 heavy (non-hydrogen) atoms. The summed E-state index contributed by atoms with van der Waals surface area (Å²) in [5.74, 6) is -0.973. The van der Waals surface area contributed by atoms with E-state index in [4.69, 9.17) is 4.74 Å². The lowest BCUT2D eigenvalue weighted by Gasteiger charge is -2.07. The predicted molar refractivity (Wildman–Crippen MR) is 99.2 cm³/mol. The van der Waals surface area contributed by atoms with Crippen molar-refractivity contribution < 1.29 is 14.6 Å². The number of carbonyl (C=O) groups excluding carboxylic acids is 1. The second-order valence-electron chi connectivity index (χ2n) is 5.43. The van der Waals surface area contributed by atoms with Crippen LogP contribution in [-0.2, 0) is 4.74 Å². The zero-order valence-corrected chi connectivity index (χ0v) is 14.9. The number of ether oxygens (including phenoxy) is 1. The molecule has 7 heteroatoms. The first kappa shape index (κ1) is 19.1. The lowest BCUT2D eigenvalue weighted by Crippen LogP contribution is -2.20. The highest BCUT2D eigenvalue weighted by molar-refractivity contribution is 5.98. The smallest absolute Gasteiger partial charge is 0.347 e. The first-order valence-electron chi connectivity index (χ1n) is 8.37. The molecule has 0 radical (unpaired) electrons. The Morgan fingerprint density at radius 3 is 2.46 bits per heavy atom. The SMILES string of the molecule is CCC.CCOC(=O)c1c(O)c2cnc(-c3ccccc3)nc2[nH]c1=O. The molecule has 0 aliphatic rings. The van der Waals surface area contributed by atoms with Gasteiger partial charge >= 0.3 is 5.97 Å². The number of nitrogens with one attached hydrogen (secondary N) is 1. The van der Waals surface area contributed by atoms with Crippen molar-refractivity contribution in [2.24, 2.45) is 0 Å². The van der Waals surface area contributed by atoms with E-state index in [0.29, 0.717) is 5.82 Å². The van der Waals surface area contributed by atoms with Crippen LogP contribution in [0.5, 0.6) is 5.75 Å². The maximum absolute atomic E-state index is 12.0. The number of benzene rings is 1. The van der Waals surface area contributed by atoms with Crippen LogP contribution < -0.4 is 5.56 Å². The molecular weight excluding hydrogens is 334 g/mol. The fourth-order valence-electron chi connectivity index (χ4n) is 2.18. The quantitative estimate of drug-likeness (QED) is 0.699. The third-order valence-electron chi connectivity index (χ3n) is 3.25. The second kappa shape index (κ2) is 8.75. The molecule has 0 aliphatic heterocycles. The zero-order chi connectivity index (χ0) is 19.1. The lowest BCUT2D eigenvalue weighted by atomic mass is 10.2. The van der Waals surface area contributed by atoms with Crippen molar-refractivity contribution in [2.75, 3.05) is 6.61 Å². The summed E-state index contributed by atoms with van der Waals surface area (Å²) in [6, 6.07) is 9.20. The van der Waals surface area contributed by atoms with E-state index >= 15 is 0 Å². The minimum absolute atomic E-state index is 0.0964. The highest BCUT2D eigenvalue weighted by Gasteiger charge is 2.21. The van der Waals surface area contributed by atoms with Gasteiger partial charge in [-0.1, -0.05) is 50.6 Å². The molecule has 0 saturated carbocycles. The Bertz CT molecular complexity index is 952. The van der Waals surface area contributed by atoms with Crippen LogP contribution in [0.3, 0.4) is 0 Å². The van der Waals surface area contributed by atoms with Crippen LogP contribution in [-0.4, -0.2) is 32.6 Å². The van der Waals surface area contributed by atoms with Gasteiger partial charge in [0.25, 0.3) is 5.56 Å². The largest absolute Gasteiger partial charge is 0.506 e. The summed E-state index contributed by atoms with van der Waals surface area (Å²) in [6.45, 7) is 5.96. The number of aromatic nitrogens is 3. The molecule has 1 aromatic carbocycles. The molecule has 7 nitrogen and oxygen atoms in total. The van der Waals surface area contributed by atoms with Crippen molar-refractivity contribution in [1.29, 1.82) is 0 Å². The fraction of sp³-hybridized carbons (Fsp3) is 0.263. The summed E-state index contributed by atoms with van der Waals surface area (Å²) in [4.78, 5) is 34.7. The third kappa shape index (κ3) is 4.05. The number of fused-ring (bicyclic) bond motifs is 1. The fourth-order valence-corrected chi connectivity index (χ4v) is 2.18. The zero-order valence-electron chi connectivity index (χ0n) is 14.9. The summed E-state index contributed by atoms with van der Waals surface area (Å²) in [5, 5.41) is 10.4. The Kier molecular flexibility index (Phi) is 6.43. The molecule has 3 aromatic rings. The van der Waals surface area contributed by atoms with Crippen LogP contribution in [0.25, 0.3) is 22.4 Å². The topological polar surface area (TPSA) is 105 Å². The van der Waals surface area contributed by atoms with E-state index in [1.165, 1.54) is 12.6 Å². The third-order valence-corrected chi connectivity index (χ3v) is 3.25. The normalized spacial score (nSPS) is 10.1. The molecular formula is C19H21N3O4.